The predicted octanol–water partition coefficient (Wildman–Crippen LogP) is 4.59. The van der Waals surface area contributed by atoms with E-state index in [-0.39, 0.29) is 5.82 Å². The molecule has 0 radical (unpaired) electrons. The van der Waals surface area contributed by atoms with E-state index in [0.717, 1.165) is 5.39 Å². The van der Waals surface area contributed by atoms with Gasteiger partial charge in [0.15, 0.2) is 5.01 Å². The van der Waals surface area contributed by atoms with Crippen molar-refractivity contribution < 1.29 is 13.5 Å². The lowest BCUT2D eigenvalue weighted by Gasteiger charge is -2.04. The van der Waals surface area contributed by atoms with E-state index in [4.69, 9.17) is 9.15 Å². The number of benzene rings is 2. The zero-order valence-corrected chi connectivity index (χ0v) is 15.0. The normalized spacial score (nSPS) is 10.9. The van der Waals surface area contributed by atoms with Crippen LogP contribution in [-0.4, -0.2) is 16.8 Å². The standard InChI is InChI=1S/C19H14FN3O3S/c1-2-25-14-8-3-11-9-15(18(24)26-16(11)10-14)17-22-23-19(27-17)21-13-6-4-12(20)5-7-13/h3-10H,2H2,1H3,(H,21,23). The SMILES string of the molecule is CCOc1ccc2cc(-c3nnc(Nc4ccc(F)cc4)s3)c(=O)oc2c1. The number of nitrogens with zero attached hydrogens (tertiary/aromatic N) is 2. The number of hydrogen-bond donors (Lipinski definition) is 1. The lowest BCUT2D eigenvalue weighted by atomic mass is 10.2. The molecule has 0 amide bonds. The van der Waals surface area contributed by atoms with Gasteiger partial charge in [0, 0.05) is 17.1 Å². The Hall–Kier alpha value is -3.26. The summed E-state index contributed by atoms with van der Waals surface area (Å²) in [6.07, 6.45) is 0. The van der Waals surface area contributed by atoms with Gasteiger partial charge in [-0.25, -0.2) is 9.18 Å². The lowest BCUT2D eigenvalue weighted by molar-refractivity contribution is 0.340. The van der Waals surface area contributed by atoms with E-state index in [0.29, 0.717) is 39.3 Å². The summed E-state index contributed by atoms with van der Waals surface area (Å²) < 4.78 is 23.8. The van der Waals surface area contributed by atoms with Crippen LogP contribution < -0.4 is 15.7 Å². The third-order valence-corrected chi connectivity index (χ3v) is 4.64. The quantitative estimate of drug-likeness (QED) is 0.508. The average Bonchev–Trinajstić information content (AvgIpc) is 3.11. The molecule has 8 heteroatoms. The van der Waals surface area contributed by atoms with Crippen LogP contribution in [-0.2, 0) is 0 Å². The maximum absolute atomic E-state index is 13.0. The maximum Gasteiger partial charge on any atom is 0.346 e. The highest BCUT2D eigenvalue weighted by molar-refractivity contribution is 7.18. The maximum atomic E-state index is 13.0. The fourth-order valence-electron chi connectivity index (χ4n) is 2.54. The minimum absolute atomic E-state index is 0.320. The van der Waals surface area contributed by atoms with Gasteiger partial charge in [0.1, 0.15) is 17.1 Å². The Labute approximate surface area is 157 Å². The molecule has 0 aliphatic carbocycles. The molecule has 0 saturated heterocycles. The molecule has 1 N–H and O–H groups in total. The molecule has 0 fully saturated rings. The molecule has 0 bridgehead atoms. The molecule has 0 aliphatic rings. The van der Waals surface area contributed by atoms with E-state index < -0.39 is 5.63 Å². The Bertz CT molecular complexity index is 1160. The molecule has 27 heavy (non-hydrogen) atoms. The minimum atomic E-state index is -0.499. The van der Waals surface area contributed by atoms with Crippen LogP contribution in [0.5, 0.6) is 5.75 Å². The van der Waals surface area contributed by atoms with Crippen molar-refractivity contribution in [1.29, 1.82) is 0 Å². The molecule has 0 unspecified atom stereocenters. The Morgan fingerprint density at radius 2 is 1.96 bits per heavy atom. The van der Waals surface area contributed by atoms with Crippen LogP contribution in [0.1, 0.15) is 6.92 Å². The monoisotopic (exact) mass is 383 g/mol. The van der Waals surface area contributed by atoms with Gasteiger partial charge < -0.3 is 14.5 Å². The summed E-state index contributed by atoms with van der Waals surface area (Å²) in [6.45, 7) is 2.42. The number of anilines is 2. The van der Waals surface area contributed by atoms with Gasteiger partial charge in [-0.15, -0.1) is 10.2 Å². The van der Waals surface area contributed by atoms with Crippen LogP contribution in [0, 0.1) is 5.82 Å². The predicted molar refractivity (Wildman–Crippen MR) is 102 cm³/mol. The summed E-state index contributed by atoms with van der Waals surface area (Å²) in [7, 11) is 0. The molecule has 0 spiro atoms. The molecule has 6 nitrogen and oxygen atoms in total. The Morgan fingerprint density at radius 3 is 2.74 bits per heavy atom. The average molecular weight is 383 g/mol. The first-order valence-electron chi connectivity index (χ1n) is 8.19. The van der Waals surface area contributed by atoms with Gasteiger partial charge in [-0.05, 0) is 49.4 Å². The van der Waals surface area contributed by atoms with Crippen molar-refractivity contribution in [1.82, 2.24) is 10.2 Å². The summed E-state index contributed by atoms with van der Waals surface area (Å²) in [4.78, 5) is 12.4. The summed E-state index contributed by atoms with van der Waals surface area (Å²) in [5, 5.41) is 12.8. The summed E-state index contributed by atoms with van der Waals surface area (Å²) >= 11 is 1.21. The first-order chi connectivity index (χ1) is 13.1. The molecule has 4 aromatic rings. The van der Waals surface area contributed by atoms with Crippen molar-refractivity contribution in [3.05, 3.63) is 64.8 Å². The Balaban J connectivity index is 1.65. The van der Waals surface area contributed by atoms with E-state index >= 15 is 0 Å². The second-order valence-electron chi connectivity index (χ2n) is 5.62. The highest BCUT2D eigenvalue weighted by Gasteiger charge is 2.14. The molecule has 4 rings (SSSR count). The molecule has 2 aromatic carbocycles. The molecule has 2 aromatic heterocycles. The minimum Gasteiger partial charge on any atom is -0.494 e. The van der Waals surface area contributed by atoms with Gasteiger partial charge in [0.25, 0.3) is 0 Å². The van der Waals surface area contributed by atoms with E-state index in [2.05, 4.69) is 15.5 Å². The van der Waals surface area contributed by atoms with Crippen LogP contribution in [0.4, 0.5) is 15.2 Å². The van der Waals surface area contributed by atoms with Gasteiger partial charge in [-0.1, -0.05) is 11.3 Å². The number of hydrogen-bond acceptors (Lipinski definition) is 7. The zero-order chi connectivity index (χ0) is 18.8. The smallest absolute Gasteiger partial charge is 0.346 e. The van der Waals surface area contributed by atoms with Crippen molar-refractivity contribution >= 4 is 33.1 Å². The largest absolute Gasteiger partial charge is 0.494 e. The molecular weight excluding hydrogens is 369 g/mol. The van der Waals surface area contributed by atoms with Crippen molar-refractivity contribution in [2.24, 2.45) is 0 Å². The molecule has 2 heterocycles. The fraction of sp³-hybridized carbons (Fsp3) is 0.105. The summed E-state index contributed by atoms with van der Waals surface area (Å²) in [5.74, 6) is 0.322. The number of nitrogens with one attached hydrogen (secondary N) is 1. The second-order valence-corrected chi connectivity index (χ2v) is 6.60. The van der Waals surface area contributed by atoms with Gasteiger partial charge in [-0.2, -0.15) is 0 Å². The zero-order valence-electron chi connectivity index (χ0n) is 14.2. The summed E-state index contributed by atoms with van der Waals surface area (Å²) in [6, 6.07) is 12.9. The highest BCUT2D eigenvalue weighted by atomic mass is 32.1. The molecule has 136 valence electrons. The number of ether oxygens (including phenoxy) is 1. The van der Waals surface area contributed by atoms with Crippen LogP contribution in [0.25, 0.3) is 21.5 Å². The van der Waals surface area contributed by atoms with Gasteiger partial charge >= 0.3 is 5.63 Å². The number of halogens is 1. The van der Waals surface area contributed by atoms with E-state index in [1.807, 2.05) is 19.1 Å². The highest BCUT2D eigenvalue weighted by Crippen LogP contribution is 2.29. The van der Waals surface area contributed by atoms with E-state index in [9.17, 15) is 9.18 Å². The van der Waals surface area contributed by atoms with Crippen LogP contribution >= 0.6 is 11.3 Å². The molecule has 0 atom stereocenters. The number of fused-ring (bicyclic) bond motifs is 1. The molecule has 0 aliphatic heterocycles. The van der Waals surface area contributed by atoms with Crippen molar-refractivity contribution in [2.75, 3.05) is 11.9 Å². The second kappa shape index (κ2) is 7.16. The van der Waals surface area contributed by atoms with Crippen molar-refractivity contribution in [3.8, 4) is 16.3 Å². The third kappa shape index (κ3) is 3.65. The first kappa shape index (κ1) is 17.2. The van der Waals surface area contributed by atoms with Crippen LogP contribution in [0.2, 0.25) is 0 Å². The first-order valence-corrected chi connectivity index (χ1v) is 9.01. The summed E-state index contributed by atoms with van der Waals surface area (Å²) in [5.41, 5.74) is 0.953. The van der Waals surface area contributed by atoms with Crippen molar-refractivity contribution in [2.45, 2.75) is 6.92 Å². The molecular formula is C19H14FN3O3S. The van der Waals surface area contributed by atoms with E-state index in [1.165, 1.54) is 23.5 Å². The van der Waals surface area contributed by atoms with Gasteiger partial charge in [-0.3, -0.25) is 0 Å². The number of aromatic nitrogens is 2. The Kier molecular flexibility index (Phi) is 4.55. The van der Waals surface area contributed by atoms with Crippen molar-refractivity contribution in [3.63, 3.8) is 0 Å². The van der Waals surface area contributed by atoms with Gasteiger partial charge in [0.05, 0.1) is 12.2 Å². The number of rotatable bonds is 5. The molecule has 0 saturated carbocycles. The van der Waals surface area contributed by atoms with E-state index in [1.54, 1.807) is 24.3 Å². The van der Waals surface area contributed by atoms with Crippen LogP contribution in [0.3, 0.4) is 0 Å². The van der Waals surface area contributed by atoms with Gasteiger partial charge in [0.2, 0.25) is 5.13 Å². The van der Waals surface area contributed by atoms with Crippen LogP contribution in [0.15, 0.2) is 57.7 Å². The lowest BCUT2D eigenvalue weighted by Crippen LogP contribution is -2.02. The Morgan fingerprint density at radius 1 is 1.15 bits per heavy atom. The topological polar surface area (TPSA) is 77.3 Å². The third-order valence-electron chi connectivity index (χ3n) is 3.77. The fourth-order valence-corrected chi connectivity index (χ4v) is 3.30.